The number of rotatable bonds is 6. The molecule has 25 heavy (non-hydrogen) atoms. The maximum Gasteiger partial charge on any atom is 0.288 e. The summed E-state index contributed by atoms with van der Waals surface area (Å²) in [6, 6.07) is 6.86. The van der Waals surface area contributed by atoms with E-state index in [1.54, 1.807) is 0 Å². The molecule has 0 heterocycles. The van der Waals surface area contributed by atoms with Crippen molar-refractivity contribution < 1.29 is 24.3 Å². The molecule has 0 atom stereocenters. The van der Waals surface area contributed by atoms with Gasteiger partial charge in [0.05, 0.1) is 19.1 Å². The Morgan fingerprint density at radius 3 is 2.32 bits per heavy atom. The molecule has 0 aliphatic rings. The standard InChI is InChI=1S/C17H14ClNO6/c1-24-15-7-10(8-16(25-2)17(15)21)3-6-14(20)11-4-5-12(18)13(9-11)19(22)23/h3-9,21H,1-2H3/b6-3+. The van der Waals surface area contributed by atoms with Gasteiger partial charge in [-0.1, -0.05) is 17.7 Å². The van der Waals surface area contributed by atoms with Gasteiger partial charge in [0.2, 0.25) is 5.75 Å². The Hall–Kier alpha value is -3.06. The van der Waals surface area contributed by atoms with Gasteiger partial charge in [-0.2, -0.15) is 0 Å². The van der Waals surface area contributed by atoms with Gasteiger partial charge in [-0.15, -0.1) is 0 Å². The van der Waals surface area contributed by atoms with E-state index in [1.165, 1.54) is 50.6 Å². The molecule has 0 bridgehead atoms. The van der Waals surface area contributed by atoms with Gasteiger partial charge in [-0.25, -0.2) is 0 Å². The number of nitro benzene ring substituents is 1. The zero-order valence-electron chi connectivity index (χ0n) is 13.4. The molecule has 0 radical (unpaired) electrons. The van der Waals surface area contributed by atoms with Gasteiger partial charge < -0.3 is 14.6 Å². The Morgan fingerprint density at radius 2 is 1.80 bits per heavy atom. The van der Waals surface area contributed by atoms with E-state index in [9.17, 15) is 20.0 Å². The van der Waals surface area contributed by atoms with Crippen LogP contribution in [0, 0.1) is 10.1 Å². The maximum absolute atomic E-state index is 12.2. The van der Waals surface area contributed by atoms with E-state index < -0.39 is 10.7 Å². The highest BCUT2D eigenvalue weighted by Crippen LogP contribution is 2.37. The SMILES string of the molecule is COc1cc(/C=C/C(=O)c2ccc(Cl)c([N+](=O)[O-])c2)cc(OC)c1O. The number of hydrogen-bond acceptors (Lipinski definition) is 6. The van der Waals surface area contributed by atoms with Gasteiger partial charge >= 0.3 is 0 Å². The topological polar surface area (TPSA) is 98.9 Å². The van der Waals surface area contributed by atoms with Crippen LogP contribution in [0.3, 0.4) is 0 Å². The van der Waals surface area contributed by atoms with Crippen LogP contribution in [0.5, 0.6) is 17.2 Å². The van der Waals surface area contributed by atoms with Crippen LogP contribution in [0.1, 0.15) is 15.9 Å². The highest BCUT2D eigenvalue weighted by molar-refractivity contribution is 6.32. The molecule has 1 N–H and O–H groups in total. The summed E-state index contributed by atoms with van der Waals surface area (Å²) in [6.45, 7) is 0. The Kier molecular flexibility index (Phi) is 5.61. The third kappa shape index (κ3) is 4.07. The number of nitro groups is 1. The lowest BCUT2D eigenvalue weighted by Crippen LogP contribution is -1.97. The minimum Gasteiger partial charge on any atom is -0.502 e. The lowest BCUT2D eigenvalue weighted by Gasteiger charge is -2.09. The quantitative estimate of drug-likeness (QED) is 0.362. The number of methoxy groups -OCH3 is 2. The van der Waals surface area contributed by atoms with Crippen molar-refractivity contribution in [2.45, 2.75) is 0 Å². The maximum atomic E-state index is 12.2. The van der Waals surface area contributed by atoms with E-state index in [0.717, 1.165) is 6.07 Å². The third-order valence-corrected chi connectivity index (χ3v) is 3.68. The van der Waals surface area contributed by atoms with Gasteiger partial charge in [0, 0.05) is 11.6 Å². The van der Waals surface area contributed by atoms with Gasteiger partial charge in [0.25, 0.3) is 5.69 Å². The highest BCUT2D eigenvalue weighted by atomic mass is 35.5. The average Bonchev–Trinajstić information content (AvgIpc) is 2.60. The Morgan fingerprint density at radius 1 is 1.20 bits per heavy atom. The minimum atomic E-state index is -0.654. The number of phenols is 1. The lowest BCUT2D eigenvalue weighted by atomic mass is 10.1. The number of carbonyl (C=O) groups excluding carboxylic acids is 1. The van der Waals surface area contributed by atoms with Crippen molar-refractivity contribution in [3.05, 3.63) is 62.7 Å². The number of aromatic hydroxyl groups is 1. The summed E-state index contributed by atoms with van der Waals surface area (Å²) in [4.78, 5) is 22.5. The molecule has 0 fully saturated rings. The van der Waals surface area contributed by atoms with Crippen molar-refractivity contribution in [3.8, 4) is 17.2 Å². The molecule has 130 valence electrons. The fraction of sp³-hybridized carbons (Fsp3) is 0.118. The summed E-state index contributed by atoms with van der Waals surface area (Å²) in [5.74, 6) is -0.213. The summed E-state index contributed by atoms with van der Waals surface area (Å²) in [6.07, 6.45) is 2.73. The second-order valence-corrected chi connectivity index (χ2v) is 5.30. The van der Waals surface area contributed by atoms with E-state index in [4.69, 9.17) is 21.1 Å². The average molecular weight is 364 g/mol. The normalized spacial score (nSPS) is 10.7. The van der Waals surface area contributed by atoms with Crippen molar-refractivity contribution in [2.24, 2.45) is 0 Å². The molecule has 0 aliphatic carbocycles. The number of ketones is 1. The Labute approximate surface area is 148 Å². The van der Waals surface area contributed by atoms with E-state index in [0.29, 0.717) is 5.56 Å². The first kappa shape index (κ1) is 18.3. The van der Waals surface area contributed by atoms with Gasteiger partial charge in [-0.3, -0.25) is 14.9 Å². The fourth-order valence-electron chi connectivity index (χ4n) is 2.08. The molecule has 7 nitrogen and oxygen atoms in total. The van der Waals surface area contributed by atoms with Crippen LogP contribution in [0.4, 0.5) is 5.69 Å². The molecule has 0 spiro atoms. The molecule has 0 saturated carbocycles. The molecule has 0 saturated heterocycles. The van der Waals surface area contributed by atoms with Crippen molar-refractivity contribution in [3.63, 3.8) is 0 Å². The van der Waals surface area contributed by atoms with Crippen molar-refractivity contribution in [1.29, 1.82) is 0 Å². The number of benzene rings is 2. The number of ether oxygens (including phenoxy) is 2. The van der Waals surface area contributed by atoms with Crippen LogP contribution < -0.4 is 9.47 Å². The van der Waals surface area contributed by atoms with Crippen LogP contribution in [0.2, 0.25) is 5.02 Å². The Bertz CT molecular complexity index is 837. The van der Waals surface area contributed by atoms with Crippen molar-refractivity contribution in [2.75, 3.05) is 14.2 Å². The smallest absolute Gasteiger partial charge is 0.288 e. The van der Waals surface area contributed by atoms with Crippen LogP contribution in [0.15, 0.2) is 36.4 Å². The molecule has 0 aliphatic heterocycles. The summed E-state index contributed by atoms with van der Waals surface area (Å²) >= 11 is 5.73. The van der Waals surface area contributed by atoms with Gasteiger partial charge in [-0.05, 0) is 35.9 Å². The van der Waals surface area contributed by atoms with Gasteiger partial charge in [0.15, 0.2) is 17.3 Å². The summed E-state index contributed by atoms with van der Waals surface area (Å²) in [5, 5.41) is 20.7. The molecule has 2 aromatic carbocycles. The third-order valence-electron chi connectivity index (χ3n) is 3.36. The molecule has 2 aromatic rings. The molecular weight excluding hydrogens is 350 g/mol. The molecular formula is C17H14ClNO6. The first-order chi connectivity index (χ1) is 11.9. The molecule has 8 heteroatoms. The predicted molar refractivity (Wildman–Crippen MR) is 92.7 cm³/mol. The van der Waals surface area contributed by atoms with Crippen LogP contribution in [0.25, 0.3) is 6.08 Å². The van der Waals surface area contributed by atoms with E-state index in [-0.39, 0.29) is 33.5 Å². The monoisotopic (exact) mass is 363 g/mol. The number of allylic oxidation sites excluding steroid dienone is 1. The largest absolute Gasteiger partial charge is 0.502 e. The number of halogens is 1. The lowest BCUT2D eigenvalue weighted by molar-refractivity contribution is -0.384. The van der Waals surface area contributed by atoms with Crippen molar-refractivity contribution >= 4 is 29.1 Å². The second kappa shape index (κ2) is 7.67. The first-order valence-corrected chi connectivity index (χ1v) is 7.36. The number of nitrogens with zero attached hydrogens (tertiary/aromatic N) is 1. The second-order valence-electron chi connectivity index (χ2n) is 4.89. The van der Waals surface area contributed by atoms with E-state index >= 15 is 0 Å². The number of hydrogen-bond donors (Lipinski definition) is 1. The zero-order valence-corrected chi connectivity index (χ0v) is 14.1. The molecule has 2 rings (SSSR count). The van der Waals surface area contributed by atoms with E-state index in [2.05, 4.69) is 0 Å². The molecule has 0 aromatic heterocycles. The first-order valence-electron chi connectivity index (χ1n) is 6.98. The zero-order chi connectivity index (χ0) is 18.6. The summed E-state index contributed by atoms with van der Waals surface area (Å²) < 4.78 is 10.1. The number of phenolic OH excluding ortho intramolecular Hbond substituents is 1. The van der Waals surface area contributed by atoms with Crippen LogP contribution in [-0.2, 0) is 0 Å². The molecule has 0 amide bonds. The summed E-state index contributed by atoms with van der Waals surface area (Å²) in [5.41, 5.74) is 0.335. The predicted octanol–water partition coefficient (Wildman–Crippen LogP) is 3.87. The van der Waals surface area contributed by atoms with Crippen LogP contribution in [-0.4, -0.2) is 30.0 Å². The highest BCUT2D eigenvalue weighted by Gasteiger charge is 2.15. The van der Waals surface area contributed by atoms with Crippen molar-refractivity contribution in [1.82, 2.24) is 0 Å². The molecule has 0 unspecified atom stereocenters. The minimum absolute atomic E-state index is 0.0430. The van der Waals surface area contributed by atoms with Crippen LogP contribution >= 0.6 is 11.6 Å². The van der Waals surface area contributed by atoms with E-state index in [1.807, 2.05) is 0 Å². The van der Waals surface area contributed by atoms with Gasteiger partial charge in [0.1, 0.15) is 5.02 Å². The Balaban J connectivity index is 2.32. The fourth-order valence-corrected chi connectivity index (χ4v) is 2.27. The summed E-state index contributed by atoms with van der Waals surface area (Å²) in [7, 11) is 2.78. The number of carbonyl (C=O) groups is 1.